The summed E-state index contributed by atoms with van der Waals surface area (Å²) in [5, 5.41) is 8.59. The number of ether oxygens (including phenoxy) is 1. The monoisotopic (exact) mass is 353 g/mol. The quantitative estimate of drug-likeness (QED) is 0.478. The van der Waals surface area contributed by atoms with Gasteiger partial charge in [-0.1, -0.05) is 18.2 Å². The van der Waals surface area contributed by atoms with Crippen LogP contribution in [0.2, 0.25) is 0 Å². The zero-order chi connectivity index (χ0) is 18.4. The fourth-order valence-corrected chi connectivity index (χ4v) is 2.77. The molecule has 0 bridgehead atoms. The molecular weight excluding hydrogens is 330 g/mol. The summed E-state index contributed by atoms with van der Waals surface area (Å²) >= 11 is 0. The third-order valence-corrected chi connectivity index (χ3v) is 4.03. The van der Waals surface area contributed by atoms with Gasteiger partial charge in [-0.05, 0) is 38.4 Å². The van der Waals surface area contributed by atoms with Gasteiger partial charge < -0.3 is 15.8 Å². The molecule has 136 valence electrons. The van der Waals surface area contributed by atoms with E-state index in [-0.39, 0.29) is 0 Å². The molecule has 0 unspecified atom stereocenters. The van der Waals surface area contributed by atoms with E-state index in [0.717, 1.165) is 23.9 Å². The predicted molar refractivity (Wildman–Crippen MR) is 102 cm³/mol. The van der Waals surface area contributed by atoms with Crippen LogP contribution in [0.15, 0.2) is 42.7 Å². The number of fused-ring (bicyclic) bond motifs is 1. The van der Waals surface area contributed by atoms with Gasteiger partial charge in [0.05, 0.1) is 29.6 Å². The van der Waals surface area contributed by atoms with Crippen LogP contribution in [0, 0.1) is 0 Å². The Morgan fingerprint density at radius 3 is 2.77 bits per heavy atom. The topological polar surface area (TPSA) is 95.1 Å². The molecule has 2 heterocycles. The number of nitrogens with zero attached hydrogens (tertiary/aromatic N) is 3. The first kappa shape index (κ1) is 17.9. The molecule has 0 radical (unpaired) electrons. The van der Waals surface area contributed by atoms with Crippen molar-refractivity contribution < 1.29 is 9.53 Å². The number of carbonyl (C=O) groups is 1. The van der Waals surface area contributed by atoms with E-state index in [9.17, 15) is 4.79 Å². The van der Waals surface area contributed by atoms with Gasteiger partial charge in [0.2, 0.25) is 0 Å². The Bertz CT molecular complexity index is 876. The molecule has 3 rings (SSSR count). The number of unbranched alkanes of at least 4 members (excludes halogenated alkanes) is 1. The van der Waals surface area contributed by atoms with Crippen LogP contribution >= 0.6 is 0 Å². The number of carbonyl (C=O) groups excluding carboxylic acids is 1. The summed E-state index contributed by atoms with van der Waals surface area (Å²) < 4.78 is 6.93. The summed E-state index contributed by atoms with van der Waals surface area (Å²) in [6, 6.07) is 9.76. The van der Waals surface area contributed by atoms with Crippen molar-refractivity contribution in [2.75, 3.05) is 25.0 Å². The molecule has 0 aliphatic rings. The van der Waals surface area contributed by atoms with Crippen LogP contribution < -0.4 is 11.1 Å². The molecule has 7 nitrogen and oxygen atoms in total. The third-order valence-electron chi connectivity index (χ3n) is 4.03. The molecule has 0 saturated carbocycles. The summed E-state index contributed by atoms with van der Waals surface area (Å²) in [5.41, 5.74) is 8.27. The summed E-state index contributed by atoms with van der Waals surface area (Å²) in [5.74, 6) is -0.393. The highest BCUT2D eigenvalue weighted by Crippen LogP contribution is 2.28. The van der Waals surface area contributed by atoms with Crippen molar-refractivity contribution in [1.82, 2.24) is 14.8 Å². The first-order valence-corrected chi connectivity index (χ1v) is 8.79. The molecule has 3 N–H and O–H groups in total. The highest BCUT2D eigenvalue weighted by Gasteiger charge is 2.19. The number of nitrogens with two attached hydrogens (primary N) is 1. The Hall–Kier alpha value is -2.93. The molecule has 0 spiro atoms. The number of para-hydroxylation sites is 1. The number of aromatic nitrogens is 3. The van der Waals surface area contributed by atoms with Gasteiger partial charge in [0.1, 0.15) is 5.56 Å². The predicted octanol–water partition coefficient (Wildman–Crippen LogP) is 2.75. The number of hydrogen-bond acceptors (Lipinski definition) is 6. The van der Waals surface area contributed by atoms with Crippen molar-refractivity contribution in [2.24, 2.45) is 5.73 Å². The van der Waals surface area contributed by atoms with Crippen LogP contribution in [0.1, 0.15) is 30.1 Å². The first-order valence-electron chi connectivity index (χ1n) is 8.79. The van der Waals surface area contributed by atoms with Crippen LogP contribution in [-0.2, 0) is 4.74 Å². The van der Waals surface area contributed by atoms with E-state index in [1.165, 1.54) is 0 Å². The first-order chi connectivity index (χ1) is 12.8. The lowest BCUT2D eigenvalue weighted by Crippen LogP contribution is -2.13. The fourth-order valence-electron chi connectivity index (χ4n) is 2.77. The molecule has 0 fully saturated rings. The van der Waals surface area contributed by atoms with E-state index >= 15 is 0 Å². The lowest BCUT2D eigenvalue weighted by Gasteiger charge is -2.12. The molecule has 7 heteroatoms. The lowest BCUT2D eigenvalue weighted by atomic mass is 10.1. The van der Waals surface area contributed by atoms with Gasteiger partial charge in [-0.25, -0.2) is 14.5 Å². The van der Waals surface area contributed by atoms with Crippen molar-refractivity contribution in [3.8, 4) is 5.69 Å². The normalized spacial score (nSPS) is 10.8. The van der Waals surface area contributed by atoms with Gasteiger partial charge in [-0.15, -0.1) is 0 Å². The van der Waals surface area contributed by atoms with E-state index in [2.05, 4.69) is 15.4 Å². The third kappa shape index (κ3) is 3.67. The van der Waals surface area contributed by atoms with Crippen molar-refractivity contribution in [1.29, 1.82) is 0 Å². The number of esters is 1. The molecule has 0 saturated heterocycles. The molecule has 3 aromatic rings. The fraction of sp³-hybridized carbons (Fsp3) is 0.316. The number of anilines is 1. The van der Waals surface area contributed by atoms with Crippen LogP contribution in [0.5, 0.6) is 0 Å². The van der Waals surface area contributed by atoms with Crippen LogP contribution in [0.3, 0.4) is 0 Å². The number of benzene rings is 1. The second kappa shape index (κ2) is 8.44. The molecule has 2 aromatic heterocycles. The van der Waals surface area contributed by atoms with Crippen molar-refractivity contribution >= 4 is 22.7 Å². The number of hydrogen-bond donors (Lipinski definition) is 2. The number of rotatable bonds is 8. The number of nitrogens with one attached hydrogen (secondary N) is 1. The van der Waals surface area contributed by atoms with Crippen molar-refractivity contribution in [2.45, 2.75) is 19.8 Å². The molecule has 0 amide bonds. The average molecular weight is 353 g/mol. The van der Waals surface area contributed by atoms with Gasteiger partial charge in [0.15, 0.2) is 5.65 Å². The number of pyridine rings is 1. The molecular formula is C19H23N5O2. The van der Waals surface area contributed by atoms with Crippen molar-refractivity contribution in [3.05, 3.63) is 48.3 Å². The second-order valence-electron chi connectivity index (χ2n) is 5.82. The van der Waals surface area contributed by atoms with Crippen LogP contribution in [0.25, 0.3) is 16.7 Å². The Kier molecular flexibility index (Phi) is 5.80. The molecule has 0 aliphatic heterocycles. The van der Waals surface area contributed by atoms with Crippen molar-refractivity contribution in [3.63, 3.8) is 0 Å². The summed E-state index contributed by atoms with van der Waals surface area (Å²) in [6.07, 6.45) is 5.10. The van der Waals surface area contributed by atoms with Gasteiger partial charge in [-0.3, -0.25) is 0 Å². The maximum Gasteiger partial charge on any atom is 0.341 e. The van der Waals surface area contributed by atoms with Crippen LogP contribution in [0.4, 0.5) is 5.69 Å². The zero-order valence-electron chi connectivity index (χ0n) is 14.8. The molecule has 0 atom stereocenters. The molecule has 26 heavy (non-hydrogen) atoms. The van der Waals surface area contributed by atoms with Gasteiger partial charge >= 0.3 is 5.97 Å². The van der Waals surface area contributed by atoms with Gasteiger partial charge in [0, 0.05) is 12.7 Å². The zero-order valence-corrected chi connectivity index (χ0v) is 14.8. The minimum atomic E-state index is -0.393. The van der Waals surface area contributed by atoms with Crippen LogP contribution in [-0.4, -0.2) is 40.4 Å². The second-order valence-corrected chi connectivity index (χ2v) is 5.82. The van der Waals surface area contributed by atoms with E-state index in [1.54, 1.807) is 24.0 Å². The van der Waals surface area contributed by atoms with E-state index in [1.807, 2.05) is 30.3 Å². The molecule has 0 aliphatic carbocycles. The average Bonchev–Trinajstić information content (AvgIpc) is 3.10. The van der Waals surface area contributed by atoms with Gasteiger partial charge in [0.25, 0.3) is 0 Å². The largest absolute Gasteiger partial charge is 0.462 e. The molecule has 1 aromatic carbocycles. The Morgan fingerprint density at radius 1 is 1.23 bits per heavy atom. The van der Waals surface area contributed by atoms with E-state index in [0.29, 0.717) is 36.6 Å². The smallest absolute Gasteiger partial charge is 0.341 e. The van der Waals surface area contributed by atoms with E-state index < -0.39 is 5.97 Å². The van der Waals surface area contributed by atoms with E-state index in [4.69, 9.17) is 10.5 Å². The minimum Gasteiger partial charge on any atom is -0.462 e. The Labute approximate surface area is 152 Å². The standard InChI is InChI=1S/C19H23N5O2/c1-2-26-19(25)16-12-22-18-15(17(16)21-11-7-6-10-20)13-23-24(18)14-8-4-3-5-9-14/h3-5,8-9,12-13H,2,6-7,10-11,20H2,1H3,(H,21,22). The summed E-state index contributed by atoms with van der Waals surface area (Å²) in [7, 11) is 0. The summed E-state index contributed by atoms with van der Waals surface area (Å²) in [6.45, 7) is 3.45. The highest BCUT2D eigenvalue weighted by molar-refractivity contribution is 6.04. The Balaban J connectivity index is 2.03. The maximum absolute atomic E-state index is 12.3. The van der Waals surface area contributed by atoms with Gasteiger partial charge in [-0.2, -0.15) is 5.10 Å². The maximum atomic E-state index is 12.3. The Morgan fingerprint density at radius 2 is 2.04 bits per heavy atom. The highest BCUT2D eigenvalue weighted by atomic mass is 16.5. The SMILES string of the molecule is CCOC(=O)c1cnc2c(cnn2-c2ccccc2)c1NCCCCN. The summed E-state index contributed by atoms with van der Waals surface area (Å²) in [4.78, 5) is 16.8. The minimum absolute atomic E-state index is 0.312. The lowest BCUT2D eigenvalue weighted by molar-refractivity contribution is 0.0527.